The van der Waals surface area contributed by atoms with E-state index in [4.69, 9.17) is 9.47 Å². The molecule has 0 saturated carbocycles. The number of hydrogen-bond donors (Lipinski definition) is 1. The number of aromatic nitrogens is 1. The molecule has 0 bridgehead atoms. The van der Waals surface area contributed by atoms with Gasteiger partial charge in [0.1, 0.15) is 0 Å². The first-order valence-electron chi connectivity index (χ1n) is 7.51. The highest BCUT2D eigenvalue weighted by atomic mass is 16.7. The highest BCUT2D eigenvalue weighted by Crippen LogP contribution is 2.22. The van der Waals surface area contributed by atoms with Crippen LogP contribution in [-0.2, 0) is 15.9 Å². The summed E-state index contributed by atoms with van der Waals surface area (Å²) in [6.45, 7) is 7.72. The molecule has 1 heterocycles. The van der Waals surface area contributed by atoms with Gasteiger partial charge in [-0.15, -0.1) is 0 Å². The predicted molar refractivity (Wildman–Crippen MR) is 83.0 cm³/mol. The summed E-state index contributed by atoms with van der Waals surface area (Å²) in [5.74, 6) is 0. The fourth-order valence-corrected chi connectivity index (χ4v) is 2.43. The molecular formula is C17H25NO2. The molecule has 1 aromatic carbocycles. The first kappa shape index (κ1) is 15.1. The monoisotopic (exact) mass is 275 g/mol. The number of para-hydroxylation sites is 1. The molecule has 0 aliphatic rings. The number of ether oxygens (including phenoxy) is 2. The molecule has 0 saturated heterocycles. The van der Waals surface area contributed by atoms with Crippen molar-refractivity contribution in [2.24, 2.45) is 0 Å². The van der Waals surface area contributed by atoms with Crippen LogP contribution in [0.5, 0.6) is 0 Å². The minimum atomic E-state index is -0.118. The Morgan fingerprint density at radius 2 is 1.90 bits per heavy atom. The van der Waals surface area contributed by atoms with Crippen LogP contribution < -0.4 is 0 Å². The van der Waals surface area contributed by atoms with Gasteiger partial charge >= 0.3 is 0 Å². The van der Waals surface area contributed by atoms with Crippen molar-refractivity contribution in [2.75, 3.05) is 13.2 Å². The van der Waals surface area contributed by atoms with Gasteiger partial charge in [-0.1, -0.05) is 31.5 Å². The molecule has 0 radical (unpaired) electrons. The predicted octanol–water partition coefficient (Wildman–Crippen LogP) is 4.20. The van der Waals surface area contributed by atoms with Gasteiger partial charge in [0.15, 0.2) is 6.29 Å². The van der Waals surface area contributed by atoms with Crippen LogP contribution in [0.15, 0.2) is 24.3 Å². The molecule has 1 atom stereocenters. The van der Waals surface area contributed by atoms with Crippen molar-refractivity contribution in [2.45, 2.75) is 46.3 Å². The number of nitrogens with one attached hydrogen (secondary N) is 1. The van der Waals surface area contributed by atoms with Crippen LogP contribution in [0.25, 0.3) is 10.9 Å². The molecule has 1 aromatic heterocycles. The number of unbranched alkanes of at least 4 members (excludes halogenated alkanes) is 1. The second kappa shape index (κ2) is 7.46. The lowest BCUT2D eigenvalue weighted by Gasteiger charge is -2.13. The molecule has 0 spiro atoms. The van der Waals surface area contributed by atoms with Gasteiger partial charge in [-0.3, -0.25) is 0 Å². The largest absolute Gasteiger partial charge is 0.358 e. The number of fused-ring (bicyclic) bond motifs is 1. The summed E-state index contributed by atoms with van der Waals surface area (Å²) in [4.78, 5) is 3.42. The summed E-state index contributed by atoms with van der Waals surface area (Å²) in [6.07, 6.45) is 3.04. The van der Waals surface area contributed by atoms with Crippen molar-refractivity contribution in [3.63, 3.8) is 0 Å². The molecule has 3 nitrogen and oxygen atoms in total. The van der Waals surface area contributed by atoms with Crippen LogP contribution in [0.3, 0.4) is 0 Å². The molecule has 1 N–H and O–H groups in total. The summed E-state index contributed by atoms with van der Waals surface area (Å²) in [7, 11) is 0. The van der Waals surface area contributed by atoms with Gasteiger partial charge in [-0.2, -0.15) is 0 Å². The maximum atomic E-state index is 5.73. The van der Waals surface area contributed by atoms with Crippen LogP contribution in [0, 0.1) is 6.92 Å². The number of H-pyrrole nitrogens is 1. The molecule has 0 aliphatic heterocycles. The van der Waals surface area contributed by atoms with Crippen molar-refractivity contribution < 1.29 is 9.47 Å². The number of aryl methyl sites for hydroxylation is 1. The maximum absolute atomic E-state index is 5.73. The molecular weight excluding hydrogens is 250 g/mol. The van der Waals surface area contributed by atoms with Gasteiger partial charge in [0.25, 0.3) is 0 Å². The van der Waals surface area contributed by atoms with Crippen LogP contribution >= 0.6 is 0 Å². The second-order valence-electron chi connectivity index (χ2n) is 5.19. The van der Waals surface area contributed by atoms with Gasteiger partial charge in [0.2, 0.25) is 0 Å². The molecule has 0 fully saturated rings. The third-order valence-electron chi connectivity index (χ3n) is 3.58. The van der Waals surface area contributed by atoms with E-state index < -0.39 is 0 Å². The lowest BCUT2D eigenvalue weighted by atomic mass is 10.1. The highest BCUT2D eigenvalue weighted by Gasteiger charge is 2.08. The average Bonchev–Trinajstić information content (AvgIpc) is 2.75. The van der Waals surface area contributed by atoms with Crippen molar-refractivity contribution in [1.29, 1.82) is 0 Å². The Balaban J connectivity index is 1.85. The van der Waals surface area contributed by atoms with E-state index >= 15 is 0 Å². The zero-order valence-corrected chi connectivity index (χ0v) is 12.7. The minimum Gasteiger partial charge on any atom is -0.358 e. The minimum absolute atomic E-state index is 0.118. The summed E-state index contributed by atoms with van der Waals surface area (Å²) in [5, 5.41) is 1.30. The van der Waals surface area contributed by atoms with Gasteiger partial charge in [-0.05, 0) is 38.3 Å². The third kappa shape index (κ3) is 3.84. The molecule has 0 amide bonds. The smallest absolute Gasteiger partial charge is 0.154 e. The van der Waals surface area contributed by atoms with E-state index in [1.54, 1.807) is 0 Å². The number of hydrogen-bond acceptors (Lipinski definition) is 2. The quantitative estimate of drug-likeness (QED) is 0.579. The highest BCUT2D eigenvalue weighted by molar-refractivity contribution is 5.84. The van der Waals surface area contributed by atoms with Crippen LogP contribution in [0.4, 0.5) is 0 Å². The van der Waals surface area contributed by atoms with Crippen molar-refractivity contribution in [1.82, 2.24) is 4.98 Å². The SMILES string of the molecule is CCCCOC(C)OCCc1c(C)[nH]c2ccccc12. The zero-order valence-electron chi connectivity index (χ0n) is 12.7. The van der Waals surface area contributed by atoms with Crippen molar-refractivity contribution >= 4 is 10.9 Å². The fourth-order valence-electron chi connectivity index (χ4n) is 2.43. The molecule has 2 aromatic rings. The second-order valence-corrected chi connectivity index (χ2v) is 5.19. The first-order chi connectivity index (χ1) is 9.72. The molecule has 1 unspecified atom stereocenters. The molecule has 20 heavy (non-hydrogen) atoms. The van der Waals surface area contributed by atoms with Crippen LogP contribution in [-0.4, -0.2) is 24.5 Å². The van der Waals surface area contributed by atoms with E-state index in [2.05, 4.69) is 43.1 Å². The average molecular weight is 275 g/mol. The van der Waals surface area contributed by atoms with E-state index in [9.17, 15) is 0 Å². The Morgan fingerprint density at radius 1 is 1.15 bits per heavy atom. The molecule has 3 heteroatoms. The lowest BCUT2D eigenvalue weighted by Crippen LogP contribution is -2.15. The Morgan fingerprint density at radius 3 is 2.70 bits per heavy atom. The van der Waals surface area contributed by atoms with Crippen LogP contribution in [0.2, 0.25) is 0 Å². The number of aromatic amines is 1. The Kier molecular flexibility index (Phi) is 5.62. The van der Waals surface area contributed by atoms with E-state index in [-0.39, 0.29) is 6.29 Å². The Bertz CT molecular complexity index is 533. The molecule has 0 aliphatic carbocycles. The van der Waals surface area contributed by atoms with Gasteiger partial charge in [0, 0.05) is 23.2 Å². The number of benzene rings is 1. The van der Waals surface area contributed by atoms with Crippen molar-refractivity contribution in [3.8, 4) is 0 Å². The summed E-state index contributed by atoms with van der Waals surface area (Å²) >= 11 is 0. The maximum Gasteiger partial charge on any atom is 0.154 e. The van der Waals surface area contributed by atoms with E-state index in [0.29, 0.717) is 6.61 Å². The Labute approximate surface area is 121 Å². The molecule has 110 valence electrons. The van der Waals surface area contributed by atoms with Crippen molar-refractivity contribution in [3.05, 3.63) is 35.5 Å². The van der Waals surface area contributed by atoms with E-state index in [1.165, 1.54) is 22.2 Å². The fraction of sp³-hybridized carbons (Fsp3) is 0.529. The van der Waals surface area contributed by atoms with Crippen LogP contribution in [0.1, 0.15) is 37.9 Å². The van der Waals surface area contributed by atoms with E-state index in [0.717, 1.165) is 25.9 Å². The van der Waals surface area contributed by atoms with E-state index in [1.807, 2.05) is 6.92 Å². The standard InChI is InChI=1S/C17H25NO2/c1-4-5-11-19-14(3)20-12-10-15-13(2)18-17-9-7-6-8-16(15)17/h6-9,14,18H,4-5,10-12H2,1-3H3. The summed E-state index contributed by atoms with van der Waals surface area (Å²) in [6, 6.07) is 8.41. The van der Waals surface area contributed by atoms with Gasteiger partial charge in [-0.25, -0.2) is 0 Å². The summed E-state index contributed by atoms with van der Waals surface area (Å²) in [5.41, 5.74) is 3.78. The topological polar surface area (TPSA) is 34.2 Å². The summed E-state index contributed by atoms with van der Waals surface area (Å²) < 4.78 is 11.3. The lowest BCUT2D eigenvalue weighted by molar-refractivity contribution is -0.130. The first-order valence-corrected chi connectivity index (χ1v) is 7.51. The number of rotatable bonds is 8. The Hall–Kier alpha value is -1.32. The van der Waals surface area contributed by atoms with Gasteiger partial charge < -0.3 is 14.5 Å². The normalized spacial score (nSPS) is 12.9. The van der Waals surface area contributed by atoms with Gasteiger partial charge in [0.05, 0.1) is 6.61 Å². The molecule has 2 rings (SSSR count). The third-order valence-corrected chi connectivity index (χ3v) is 3.58. The zero-order chi connectivity index (χ0) is 14.4.